The fourth-order valence-electron chi connectivity index (χ4n) is 3.84. The summed E-state index contributed by atoms with van der Waals surface area (Å²) >= 11 is 2.48. The van der Waals surface area contributed by atoms with Gasteiger partial charge in [-0.3, -0.25) is 14.2 Å². The molecule has 10 heteroatoms. The first kappa shape index (κ1) is 23.8. The number of thiophene rings is 1. The number of nitrogens with zero attached hydrogens (tertiary/aromatic N) is 3. The standard InChI is InChI=1S/C26H22N4O4S2/c1-15-20-23(36-21(15)25(33)34-13-12-17-8-4-3-5-9-17)27-14-30(24(20)32)16(2)22(31)29-26-28-18-10-6-7-11-19(18)35-26/h3-11,14,16H,12-13H2,1-2H3,(H,28,29,31). The lowest BCUT2D eigenvalue weighted by Gasteiger charge is -2.13. The number of carbonyl (C=O) groups excluding carboxylic acids is 2. The summed E-state index contributed by atoms with van der Waals surface area (Å²) in [4.78, 5) is 48.5. The molecule has 1 amide bonds. The third kappa shape index (κ3) is 4.65. The van der Waals surface area contributed by atoms with E-state index in [2.05, 4.69) is 15.3 Å². The van der Waals surface area contributed by atoms with Crippen molar-refractivity contribution in [3.8, 4) is 0 Å². The van der Waals surface area contributed by atoms with Crippen molar-refractivity contribution in [1.29, 1.82) is 0 Å². The van der Waals surface area contributed by atoms with Gasteiger partial charge in [0.1, 0.15) is 15.7 Å². The Kier molecular flexibility index (Phi) is 6.62. The van der Waals surface area contributed by atoms with Crippen LogP contribution in [0.25, 0.3) is 20.4 Å². The highest BCUT2D eigenvalue weighted by Crippen LogP contribution is 2.29. The van der Waals surface area contributed by atoms with Crippen LogP contribution in [0.5, 0.6) is 0 Å². The first-order valence-electron chi connectivity index (χ1n) is 11.3. The van der Waals surface area contributed by atoms with E-state index in [9.17, 15) is 14.4 Å². The predicted molar refractivity (Wildman–Crippen MR) is 142 cm³/mol. The zero-order valence-electron chi connectivity index (χ0n) is 19.6. The van der Waals surface area contributed by atoms with E-state index in [1.807, 2.05) is 54.6 Å². The van der Waals surface area contributed by atoms with Crippen LogP contribution in [0.3, 0.4) is 0 Å². The van der Waals surface area contributed by atoms with Gasteiger partial charge >= 0.3 is 5.97 Å². The molecule has 0 aliphatic heterocycles. The number of benzene rings is 2. The number of nitrogens with one attached hydrogen (secondary N) is 1. The van der Waals surface area contributed by atoms with Crippen LogP contribution in [0.2, 0.25) is 0 Å². The lowest BCUT2D eigenvalue weighted by atomic mass is 10.2. The van der Waals surface area contributed by atoms with Crippen molar-refractivity contribution >= 4 is 60.1 Å². The van der Waals surface area contributed by atoms with Crippen LogP contribution in [-0.2, 0) is 16.0 Å². The number of aryl methyl sites for hydroxylation is 1. The molecule has 1 atom stereocenters. The SMILES string of the molecule is Cc1c(C(=O)OCCc2ccccc2)sc2ncn(C(C)C(=O)Nc3nc4ccccc4s3)c(=O)c12. The van der Waals surface area contributed by atoms with Gasteiger partial charge in [-0.25, -0.2) is 14.8 Å². The maximum Gasteiger partial charge on any atom is 0.348 e. The first-order valence-corrected chi connectivity index (χ1v) is 12.9. The topological polar surface area (TPSA) is 103 Å². The molecular formula is C26H22N4O4S2. The second-order valence-corrected chi connectivity index (χ2v) is 10.2. The molecule has 2 aromatic carbocycles. The molecule has 0 aliphatic carbocycles. The highest BCUT2D eigenvalue weighted by atomic mass is 32.1. The number of hydrogen-bond acceptors (Lipinski definition) is 8. The number of esters is 1. The lowest BCUT2D eigenvalue weighted by Crippen LogP contribution is -2.31. The summed E-state index contributed by atoms with van der Waals surface area (Å²) in [5.41, 5.74) is 1.98. The number of thiazole rings is 1. The third-order valence-electron chi connectivity index (χ3n) is 5.85. The molecule has 5 aromatic rings. The summed E-state index contributed by atoms with van der Waals surface area (Å²) in [7, 11) is 0. The zero-order valence-corrected chi connectivity index (χ0v) is 21.2. The number of fused-ring (bicyclic) bond motifs is 2. The molecular weight excluding hydrogens is 496 g/mol. The van der Waals surface area contributed by atoms with Crippen molar-refractivity contribution < 1.29 is 14.3 Å². The van der Waals surface area contributed by atoms with E-state index in [4.69, 9.17) is 4.74 Å². The van der Waals surface area contributed by atoms with E-state index in [0.717, 1.165) is 27.1 Å². The van der Waals surface area contributed by atoms with Crippen molar-refractivity contribution in [2.24, 2.45) is 0 Å². The number of carbonyl (C=O) groups is 2. The molecule has 3 heterocycles. The Morgan fingerprint density at radius 1 is 1.08 bits per heavy atom. The van der Waals surface area contributed by atoms with E-state index < -0.39 is 12.0 Å². The van der Waals surface area contributed by atoms with Gasteiger partial charge < -0.3 is 10.1 Å². The van der Waals surface area contributed by atoms with Gasteiger partial charge in [0.15, 0.2) is 5.13 Å². The molecule has 1 unspecified atom stereocenters. The van der Waals surface area contributed by atoms with E-state index in [0.29, 0.717) is 32.2 Å². The Bertz CT molecular complexity index is 1610. The number of amides is 1. The average molecular weight is 519 g/mol. The van der Waals surface area contributed by atoms with Gasteiger partial charge in [-0.2, -0.15) is 0 Å². The monoisotopic (exact) mass is 518 g/mol. The van der Waals surface area contributed by atoms with Crippen molar-refractivity contribution in [2.45, 2.75) is 26.3 Å². The molecule has 0 fully saturated rings. The molecule has 5 rings (SSSR count). The Labute approximate surface area is 214 Å². The third-order valence-corrected chi connectivity index (χ3v) is 7.98. The molecule has 0 spiro atoms. The second kappa shape index (κ2) is 10.00. The van der Waals surface area contributed by atoms with E-state index in [-0.39, 0.29) is 18.1 Å². The van der Waals surface area contributed by atoms with Gasteiger partial charge in [0.05, 0.1) is 28.5 Å². The molecule has 0 saturated carbocycles. The van der Waals surface area contributed by atoms with Crippen LogP contribution in [0.15, 0.2) is 65.7 Å². The summed E-state index contributed by atoms with van der Waals surface area (Å²) < 4.78 is 7.68. The predicted octanol–water partition coefficient (Wildman–Crippen LogP) is 4.98. The van der Waals surface area contributed by atoms with Crippen LogP contribution in [-0.4, -0.2) is 33.0 Å². The van der Waals surface area contributed by atoms with Crippen LogP contribution in [0, 0.1) is 6.92 Å². The number of anilines is 1. The van der Waals surface area contributed by atoms with Crippen LogP contribution in [0.1, 0.15) is 33.8 Å². The minimum absolute atomic E-state index is 0.233. The zero-order chi connectivity index (χ0) is 25.2. The molecule has 36 heavy (non-hydrogen) atoms. The average Bonchev–Trinajstić information content (AvgIpc) is 3.45. The van der Waals surface area contributed by atoms with Crippen LogP contribution in [0.4, 0.5) is 5.13 Å². The first-order chi connectivity index (χ1) is 17.4. The van der Waals surface area contributed by atoms with Gasteiger partial charge in [0.2, 0.25) is 5.91 Å². The van der Waals surface area contributed by atoms with Gasteiger partial charge in [0.25, 0.3) is 5.56 Å². The largest absolute Gasteiger partial charge is 0.461 e. The van der Waals surface area contributed by atoms with Gasteiger partial charge in [0, 0.05) is 6.42 Å². The number of rotatable bonds is 7. The highest BCUT2D eigenvalue weighted by molar-refractivity contribution is 7.22. The van der Waals surface area contributed by atoms with E-state index in [1.54, 1.807) is 13.8 Å². The highest BCUT2D eigenvalue weighted by Gasteiger charge is 2.24. The molecule has 0 aliphatic rings. The summed E-state index contributed by atoms with van der Waals surface area (Å²) in [6.07, 6.45) is 1.94. The lowest BCUT2D eigenvalue weighted by molar-refractivity contribution is -0.118. The number of aromatic nitrogens is 3. The quantitative estimate of drug-likeness (QED) is 0.305. The van der Waals surface area contributed by atoms with Crippen molar-refractivity contribution in [3.63, 3.8) is 0 Å². The Hall–Kier alpha value is -3.89. The maximum absolute atomic E-state index is 13.3. The molecule has 0 bridgehead atoms. The fraction of sp³-hybridized carbons (Fsp3) is 0.192. The summed E-state index contributed by atoms with van der Waals surface area (Å²) in [5, 5.41) is 3.57. The smallest absolute Gasteiger partial charge is 0.348 e. The number of ether oxygens (including phenoxy) is 1. The van der Waals surface area contributed by atoms with Crippen LogP contribution >= 0.6 is 22.7 Å². The molecule has 1 N–H and O–H groups in total. The van der Waals surface area contributed by atoms with Crippen molar-refractivity contribution in [3.05, 3.63) is 87.3 Å². The minimum atomic E-state index is -0.831. The van der Waals surface area contributed by atoms with E-state index in [1.165, 1.54) is 22.2 Å². The molecule has 0 saturated heterocycles. The minimum Gasteiger partial charge on any atom is -0.461 e. The van der Waals surface area contributed by atoms with Gasteiger partial charge in [-0.05, 0) is 37.1 Å². The molecule has 0 radical (unpaired) electrons. The molecule has 3 aromatic heterocycles. The molecule has 182 valence electrons. The number of para-hydroxylation sites is 1. The fourth-order valence-corrected chi connectivity index (χ4v) is 5.74. The second-order valence-electron chi connectivity index (χ2n) is 8.22. The van der Waals surface area contributed by atoms with E-state index >= 15 is 0 Å². The maximum atomic E-state index is 13.3. The normalized spacial score (nSPS) is 12.1. The Morgan fingerprint density at radius 3 is 2.61 bits per heavy atom. The summed E-state index contributed by atoms with van der Waals surface area (Å²) in [5.74, 6) is -0.871. The van der Waals surface area contributed by atoms with Crippen LogP contribution < -0.4 is 10.9 Å². The Morgan fingerprint density at radius 2 is 1.83 bits per heavy atom. The summed E-state index contributed by atoms with van der Waals surface area (Å²) in [6, 6.07) is 16.5. The van der Waals surface area contributed by atoms with Crippen molar-refractivity contribution in [2.75, 3.05) is 11.9 Å². The molecule has 8 nitrogen and oxygen atoms in total. The van der Waals surface area contributed by atoms with Crippen molar-refractivity contribution in [1.82, 2.24) is 14.5 Å². The Balaban J connectivity index is 1.34. The summed E-state index contributed by atoms with van der Waals surface area (Å²) in [6.45, 7) is 3.56. The van der Waals surface area contributed by atoms with Gasteiger partial charge in [-0.15, -0.1) is 11.3 Å². The number of hydrogen-bond donors (Lipinski definition) is 1. The van der Waals surface area contributed by atoms with Gasteiger partial charge in [-0.1, -0.05) is 53.8 Å².